The van der Waals surface area contributed by atoms with E-state index in [1.807, 2.05) is 52.9 Å². The molecule has 1 amide bonds. The van der Waals surface area contributed by atoms with Crippen molar-refractivity contribution in [1.82, 2.24) is 24.5 Å². The monoisotopic (exact) mass is 447 g/mol. The van der Waals surface area contributed by atoms with Gasteiger partial charge in [-0.15, -0.1) is 10.2 Å². The highest BCUT2D eigenvalue weighted by Crippen LogP contribution is 2.30. The zero-order valence-electron chi connectivity index (χ0n) is 18.1. The van der Waals surface area contributed by atoms with Crippen LogP contribution in [0.25, 0.3) is 22.4 Å². The van der Waals surface area contributed by atoms with E-state index in [2.05, 4.69) is 29.4 Å². The Morgan fingerprint density at radius 2 is 1.81 bits per heavy atom. The topological polar surface area (TPSA) is 81.3 Å². The first-order valence-corrected chi connectivity index (χ1v) is 11.9. The molecular weight excluding hydrogens is 422 g/mol. The average Bonchev–Trinajstić information content (AvgIpc) is 3.10. The number of benzene rings is 2. The second kappa shape index (κ2) is 8.43. The van der Waals surface area contributed by atoms with E-state index in [0.717, 1.165) is 36.0 Å². The number of amides is 1. The fraction of sp³-hybridized carbons (Fsp3) is 0.333. The minimum atomic E-state index is -0.230. The Bertz CT molecular complexity index is 1370. The summed E-state index contributed by atoms with van der Waals surface area (Å²) in [6, 6.07) is 15.4. The lowest BCUT2D eigenvalue weighted by Crippen LogP contribution is -2.30. The number of para-hydroxylation sites is 2. The van der Waals surface area contributed by atoms with Gasteiger partial charge in [-0.1, -0.05) is 62.4 Å². The summed E-state index contributed by atoms with van der Waals surface area (Å²) >= 11 is 1.42. The van der Waals surface area contributed by atoms with Gasteiger partial charge in [0, 0.05) is 6.54 Å². The number of hydrogen-bond donors (Lipinski definition) is 1. The van der Waals surface area contributed by atoms with Gasteiger partial charge < -0.3 is 5.32 Å². The third-order valence-electron chi connectivity index (χ3n) is 5.93. The molecule has 2 aromatic heterocycles. The summed E-state index contributed by atoms with van der Waals surface area (Å²) in [4.78, 5) is 26.2. The molecule has 7 nitrogen and oxygen atoms in total. The van der Waals surface area contributed by atoms with Gasteiger partial charge in [-0.05, 0) is 42.5 Å². The normalized spacial score (nSPS) is 17.1. The third kappa shape index (κ3) is 3.48. The van der Waals surface area contributed by atoms with Crippen molar-refractivity contribution in [3.05, 3.63) is 64.4 Å². The number of fused-ring (bicyclic) bond motifs is 3. The van der Waals surface area contributed by atoms with E-state index in [0.29, 0.717) is 22.9 Å². The molecule has 1 fully saturated rings. The Morgan fingerprint density at radius 1 is 1.03 bits per heavy atom. The molecule has 1 unspecified atom stereocenters. The summed E-state index contributed by atoms with van der Waals surface area (Å²) in [7, 11) is 0. The van der Waals surface area contributed by atoms with Crippen molar-refractivity contribution in [2.45, 2.75) is 49.4 Å². The fourth-order valence-electron chi connectivity index (χ4n) is 4.30. The van der Waals surface area contributed by atoms with Crippen molar-refractivity contribution in [3.8, 4) is 5.69 Å². The van der Waals surface area contributed by atoms with Crippen LogP contribution in [0.5, 0.6) is 0 Å². The highest BCUT2D eigenvalue weighted by molar-refractivity contribution is 8.00. The van der Waals surface area contributed by atoms with Gasteiger partial charge in [0.15, 0.2) is 5.16 Å². The molecule has 8 heteroatoms. The van der Waals surface area contributed by atoms with Gasteiger partial charge >= 0.3 is 0 Å². The van der Waals surface area contributed by atoms with Crippen LogP contribution < -0.4 is 10.9 Å². The maximum atomic E-state index is 13.6. The Labute approximate surface area is 189 Å². The van der Waals surface area contributed by atoms with Gasteiger partial charge in [0.2, 0.25) is 11.7 Å². The summed E-state index contributed by atoms with van der Waals surface area (Å²) in [5.41, 5.74) is 2.48. The van der Waals surface area contributed by atoms with Crippen molar-refractivity contribution in [2.75, 3.05) is 6.54 Å². The zero-order valence-corrected chi connectivity index (χ0v) is 18.9. The van der Waals surface area contributed by atoms with E-state index in [9.17, 15) is 9.59 Å². The summed E-state index contributed by atoms with van der Waals surface area (Å²) in [5, 5.41) is 12.9. The molecule has 0 bridgehead atoms. The molecule has 3 heterocycles. The maximum Gasteiger partial charge on any atom is 0.267 e. The van der Waals surface area contributed by atoms with E-state index in [-0.39, 0.29) is 22.6 Å². The van der Waals surface area contributed by atoms with Crippen molar-refractivity contribution in [3.63, 3.8) is 0 Å². The van der Waals surface area contributed by atoms with Crippen LogP contribution in [0.2, 0.25) is 0 Å². The van der Waals surface area contributed by atoms with E-state index in [4.69, 9.17) is 0 Å². The van der Waals surface area contributed by atoms with Crippen LogP contribution in [0.1, 0.15) is 44.6 Å². The molecule has 1 aliphatic rings. The lowest BCUT2D eigenvalue weighted by molar-refractivity contribution is -0.120. The number of aromatic nitrogens is 4. The van der Waals surface area contributed by atoms with E-state index >= 15 is 0 Å². The number of carbonyl (C=O) groups excluding carboxylic acids is 1. The number of carbonyl (C=O) groups is 1. The van der Waals surface area contributed by atoms with Gasteiger partial charge in [0.25, 0.3) is 5.56 Å². The second-order valence-corrected chi connectivity index (χ2v) is 9.55. The highest BCUT2D eigenvalue weighted by atomic mass is 32.2. The van der Waals surface area contributed by atoms with Gasteiger partial charge in [0.05, 0.1) is 21.8 Å². The molecule has 1 aliphatic heterocycles. The van der Waals surface area contributed by atoms with Gasteiger partial charge in [-0.25, -0.2) is 4.57 Å². The second-order valence-electron chi connectivity index (χ2n) is 8.38. The van der Waals surface area contributed by atoms with Gasteiger partial charge in [-0.2, -0.15) is 0 Å². The predicted molar refractivity (Wildman–Crippen MR) is 127 cm³/mol. The maximum absolute atomic E-state index is 13.6. The molecule has 0 saturated carbocycles. The predicted octanol–water partition coefficient (Wildman–Crippen LogP) is 3.92. The fourth-order valence-corrected chi connectivity index (χ4v) is 5.41. The minimum Gasteiger partial charge on any atom is -0.355 e. The number of nitrogens with zero attached hydrogens (tertiary/aromatic N) is 4. The SMILES string of the molecule is CC(C)c1ccccc1-n1c(=O)c2ccccc2n2c(SC3CCCCNC3=O)nnc12. The molecule has 0 aliphatic carbocycles. The number of rotatable bonds is 4. The standard InChI is InChI=1S/C24H25N5O2S/c1-15(2)16-9-3-5-11-18(16)28-22(31)17-10-4-6-12-19(17)29-23(28)26-27-24(29)32-20-13-7-8-14-25-21(20)30/h3-6,9-12,15,20H,7-8,13-14H2,1-2H3,(H,25,30). The molecule has 1 N–H and O–H groups in total. The van der Waals surface area contributed by atoms with Crippen LogP contribution in [0.4, 0.5) is 0 Å². The van der Waals surface area contributed by atoms with Crippen LogP contribution in [0.15, 0.2) is 58.5 Å². The molecular formula is C24H25N5O2S. The first-order chi connectivity index (χ1) is 15.6. The zero-order chi connectivity index (χ0) is 22.2. The lowest BCUT2D eigenvalue weighted by atomic mass is 10.0. The molecule has 0 spiro atoms. The van der Waals surface area contributed by atoms with Crippen LogP contribution in [-0.2, 0) is 4.79 Å². The number of thioether (sulfide) groups is 1. The summed E-state index contributed by atoms with van der Waals surface area (Å²) < 4.78 is 3.57. The molecule has 32 heavy (non-hydrogen) atoms. The van der Waals surface area contributed by atoms with Crippen LogP contribution in [0.3, 0.4) is 0 Å². The Kier molecular flexibility index (Phi) is 5.46. The van der Waals surface area contributed by atoms with Gasteiger partial charge in [0.1, 0.15) is 0 Å². The van der Waals surface area contributed by atoms with Crippen LogP contribution in [0, 0.1) is 0 Å². The lowest BCUT2D eigenvalue weighted by Gasteiger charge is -2.17. The summed E-state index contributed by atoms with van der Waals surface area (Å²) in [6.07, 6.45) is 2.76. The molecule has 0 radical (unpaired) electrons. The van der Waals surface area contributed by atoms with Crippen molar-refractivity contribution in [1.29, 1.82) is 0 Å². The Hall–Kier alpha value is -3.13. The summed E-state index contributed by atoms with van der Waals surface area (Å²) in [6.45, 7) is 4.93. The molecule has 164 valence electrons. The van der Waals surface area contributed by atoms with Crippen molar-refractivity contribution in [2.24, 2.45) is 0 Å². The molecule has 2 aromatic carbocycles. The number of nitrogens with one attached hydrogen (secondary N) is 1. The van der Waals surface area contributed by atoms with E-state index in [1.165, 1.54) is 11.8 Å². The third-order valence-corrected chi connectivity index (χ3v) is 7.14. The van der Waals surface area contributed by atoms with Crippen LogP contribution >= 0.6 is 11.8 Å². The number of hydrogen-bond acceptors (Lipinski definition) is 5. The molecule has 1 atom stereocenters. The van der Waals surface area contributed by atoms with Crippen LogP contribution in [-0.4, -0.2) is 36.9 Å². The minimum absolute atomic E-state index is 0.0343. The van der Waals surface area contributed by atoms with E-state index < -0.39 is 0 Å². The van der Waals surface area contributed by atoms with Crippen molar-refractivity contribution < 1.29 is 4.79 Å². The largest absolute Gasteiger partial charge is 0.355 e. The highest BCUT2D eigenvalue weighted by Gasteiger charge is 2.26. The molecule has 4 aromatic rings. The first kappa shape index (κ1) is 20.8. The smallest absolute Gasteiger partial charge is 0.267 e. The van der Waals surface area contributed by atoms with E-state index in [1.54, 1.807) is 4.57 Å². The molecule has 5 rings (SSSR count). The first-order valence-electron chi connectivity index (χ1n) is 11.0. The van der Waals surface area contributed by atoms with Crippen molar-refractivity contribution >= 4 is 34.3 Å². The molecule has 1 saturated heterocycles. The summed E-state index contributed by atoms with van der Waals surface area (Å²) in [5.74, 6) is 0.724. The Morgan fingerprint density at radius 3 is 2.66 bits per heavy atom. The van der Waals surface area contributed by atoms with Gasteiger partial charge in [-0.3, -0.25) is 14.0 Å². The quantitative estimate of drug-likeness (QED) is 0.513. The average molecular weight is 448 g/mol. The Balaban J connectivity index is 1.77.